The number of methoxy groups -OCH3 is 1. The summed E-state index contributed by atoms with van der Waals surface area (Å²) in [4.78, 5) is 25.5. The van der Waals surface area contributed by atoms with E-state index in [4.69, 9.17) is 4.74 Å². The zero-order chi connectivity index (χ0) is 13.8. The van der Waals surface area contributed by atoms with Crippen LogP contribution in [0.15, 0.2) is 24.3 Å². The number of nitrogens with zero attached hydrogens (tertiary/aromatic N) is 1. The van der Waals surface area contributed by atoms with E-state index in [0.717, 1.165) is 3.57 Å². The molecule has 1 amide bonds. The number of amides is 1. The normalized spacial score (nSPS) is 19.1. The Morgan fingerprint density at radius 1 is 1.42 bits per heavy atom. The van der Waals surface area contributed by atoms with Gasteiger partial charge in [0.05, 0.1) is 25.8 Å². The maximum atomic E-state index is 12.4. The molecule has 19 heavy (non-hydrogen) atoms. The molecule has 1 atom stereocenters. The Kier molecular flexibility index (Phi) is 4.76. The highest BCUT2D eigenvalue weighted by Crippen LogP contribution is 2.16. The molecule has 2 rings (SSSR count). The Morgan fingerprint density at radius 3 is 2.84 bits per heavy atom. The largest absolute Gasteiger partial charge is 0.467 e. The van der Waals surface area contributed by atoms with Crippen molar-refractivity contribution in [1.82, 2.24) is 4.90 Å². The van der Waals surface area contributed by atoms with Crippen LogP contribution in [-0.2, 0) is 14.3 Å². The molecule has 1 aromatic carbocycles. The maximum absolute atomic E-state index is 12.4. The zero-order valence-electron chi connectivity index (χ0n) is 10.5. The predicted molar refractivity (Wildman–Crippen MR) is 76.8 cm³/mol. The molecule has 102 valence electrons. The predicted octanol–water partition coefficient (Wildman–Crippen LogP) is 1.31. The summed E-state index contributed by atoms with van der Waals surface area (Å²) in [5.41, 5.74) is 0.647. The van der Waals surface area contributed by atoms with Crippen LogP contribution in [0.3, 0.4) is 0 Å². The van der Waals surface area contributed by atoms with Gasteiger partial charge in [-0.15, -0.1) is 0 Å². The molecule has 0 bridgehead atoms. The van der Waals surface area contributed by atoms with Crippen molar-refractivity contribution in [3.63, 3.8) is 0 Å². The van der Waals surface area contributed by atoms with Crippen molar-refractivity contribution in [3.8, 4) is 0 Å². The third-order valence-electron chi connectivity index (χ3n) is 2.92. The van der Waals surface area contributed by atoms with Gasteiger partial charge in [-0.25, -0.2) is 4.79 Å². The van der Waals surface area contributed by atoms with E-state index in [1.54, 1.807) is 11.0 Å². The third-order valence-corrected chi connectivity index (χ3v) is 3.86. The third kappa shape index (κ3) is 3.24. The van der Waals surface area contributed by atoms with E-state index in [1.165, 1.54) is 7.11 Å². The second kappa shape index (κ2) is 6.33. The number of hydrogen-bond donors (Lipinski definition) is 0. The first-order valence-electron chi connectivity index (χ1n) is 5.86. The number of carbonyl (C=O) groups excluding carboxylic acids is 2. The fourth-order valence-corrected chi connectivity index (χ4v) is 2.53. The first-order valence-corrected chi connectivity index (χ1v) is 6.94. The molecule has 1 aliphatic heterocycles. The van der Waals surface area contributed by atoms with Gasteiger partial charge in [-0.3, -0.25) is 4.79 Å². The number of ether oxygens (including phenoxy) is 2. The maximum Gasteiger partial charge on any atom is 0.336 e. The molecule has 1 saturated heterocycles. The number of morpholine rings is 1. The smallest absolute Gasteiger partial charge is 0.336 e. The summed E-state index contributed by atoms with van der Waals surface area (Å²) in [5.74, 6) is -0.525. The van der Waals surface area contributed by atoms with Crippen LogP contribution >= 0.6 is 22.6 Å². The molecule has 1 aliphatic rings. The number of benzene rings is 1. The van der Waals surface area contributed by atoms with E-state index in [9.17, 15) is 9.59 Å². The second-order valence-electron chi connectivity index (χ2n) is 4.11. The fourth-order valence-electron chi connectivity index (χ4n) is 1.91. The molecule has 1 heterocycles. The lowest BCUT2D eigenvalue weighted by atomic mass is 10.1. The molecule has 6 heteroatoms. The van der Waals surface area contributed by atoms with Crippen LogP contribution in [0.25, 0.3) is 0 Å². The molecule has 1 unspecified atom stereocenters. The zero-order valence-corrected chi connectivity index (χ0v) is 12.6. The average molecular weight is 375 g/mol. The van der Waals surface area contributed by atoms with Gasteiger partial charge in [0.1, 0.15) is 0 Å². The van der Waals surface area contributed by atoms with Crippen LogP contribution in [0, 0.1) is 3.57 Å². The summed E-state index contributed by atoms with van der Waals surface area (Å²) >= 11 is 2.13. The van der Waals surface area contributed by atoms with Crippen LogP contribution < -0.4 is 0 Å². The van der Waals surface area contributed by atoms with Crippen molar-refractivity contribution in [1.29, 1.82) is 0 Å². The van der Waals surface area contributed by atoms with Gasteiger partial charge in [-0.2, -0.15) is 0 Å². The van der Waals surface area contributed by atoms with E-state index < -0.39 is 12.1 Å². The minimum atomic E-state index is -0.691. The van der Waals surface area contributed by atoms with E-state index in [2.05, 4.69) is 27.3 Å². The van der Waals surface area contributed by atoms with Crippen LogP contribution in [0.5, 0.6) is 0 Å². The molecule has 0 radical (unpaired) electrons. The fraction of sp³-hybridized carbons (Fsp3) is 0.385. The number of esters is 1. The molecule has 0 aromatic heterocycles. The molecule has 1 aromatic rings. The molecular formula is C13H14INO4. The molecule has 5 nitrogen and oxygen atoms in total. The highest BCUT2D eigenvalue weighted by Gasteiger charge is 2.30. The quantitative estimate of drug-likeness (QED) is 0.578. The van der Waals surface area contributed by atoms with Crippen molar-refractivity contribution < 1.29 is 19.1 Å². The summed E-state index contributed by atoms with van der Waals surface area (Å²) in [7, 11) is 1.31. The van der Waals surface area contributed by atoms with Crippen LogP contribution in [-0.4, -0.2) is 49.7 Å². The van der Waals surface area contributed by atoms with Crippen LogP contribution in [0.2, 0.25) is 0 Å². The van der Waals surface area contributed by atoms with Gasteiger partial charge >= 0.3 is 5.97 Å². The molecular weight excluding hydrogens is 361 g/mol. The Balaban J connectivity index is 2.11. The monoisotopic (exact) mass is 375 g/mol. The summed E-state index contributed by atoms with van der Waals surface area (Å²) in [5, 5.41) is 0. The van der Waals surface area contributed by atoms with Gasteiger partial charge in [-0.05, 0) is 34.7 Å². The number of hydrogen-bond acceptors (Lipinski definition) is 4. The summed E-state index contributed by atoms with van der Waals surface area (Å²) < 4.78 is 10.8. The van der Waals surface area contributed by atoms with Crippen LogP contribution in [0.1, 0.15) is 10.4 Å². The standard InChI is InChI=1S/C13H14INO4/c1-18-13(17)11-8-15(6-7-19-11)12(16)9-4-2-3-5-10(9)14/h2-5,11H,6-8H2,1H3. The SMILES string of the molecule is COC(=O)C1CN(C(=O)c2ccccc2I)CCO1. The highest BCUT2D eigenvalue weighted by molar-refractivity contribution is 14.1. The lowest BCUT2D eigenvalue weighted by Gasteiger charge is -2.31. The van der Waals surface area contributed by atoms with E-state index in [1.807, 2.05) is 18.2 Å². The van der Waals surface area contributed by atoms with Gasteiger partial charge in [-0.1, -0.05) is 12.1 Å². The van der Waals surface area contributed by atoms with Gasteiger partial charge in [0.2, 0.25) is 0 Å². The lowest BCUT2D eigenvalue weighted by Crippen LogP contribution is -2.49. The molecule has 0 spiro atoms. The summed E-state index contributed by atoms with van der Waals surface area (Å²) in [6, 6.07) is 7.38. The van der Waals surface area contributed by atoms with E-state index in [0.29, 0.717) is 18.7 Å². The first kappa shape index (κ1) is 14.3. The molecule has 0 saturated carbocycles. The second-order valence-corrected chi connectivity index (χ2v) is 5.28. The summed E-state index contributed by atoms with van der Waals surface area (Å²) in [6.45, 7) is 1.06. The van der Waals surface area contributed by atoms with Crippen molar-refractivity contribution in [2.24, 2.45) is 0 Å². The van der Waals surface area contributed by atoms with Crippen molar-refractivity contribution >= 4 is 34.5 Å². The van der Waals surface area contributed by atoms with E-state index in [-0.39, 0.29) is 12.5 Å². The number of carbonyl (C=O) groups is 2. The average Bonchev–Trinajstić information content (AvgIpc) is 2.46. The Labute approximate surface area is 125 Å². The molecule has 1 fully saturated rings. The van der Waals surface area contributed by atoms with Crippen molar-refractivity contribution in [2.45, 2.75) is 6.10 Å². The number of rotatable bonds is 2. The Hall–Kier alpha value is -1.15. The lowest BCUT2D eigenvalue weighted by molar-refractivity contribution is -0.158. The Morgan fingerprint density at radius 2 is 2.16 bits per heavy atom. The van der Waals surface area contributed by atoms with Crippen molar-refractivity contribution in [3.05, 3.63) is 33.4 Å². The van der Waals surface area contributed by atoms with Gasteiger partial charge < -0.3 is 14.4 Å². The summed E-state index contributed by atoms with van der Waals surface area (Å²) in [6.07, 6.45) is -0.691. The number of halogens is 1. The van der Waals surface area contributed by atoms with Gasteiger partial charge in [0, 0.05) is 10.1 Å². The highest BCUT2D eigenvalue weighted by atomic mass is 127. The van der Waals surface area contributed by atoms with Gasteiger partial charge in [0.25, 0.3) is 5.91 Å². The topological polar surface area (TPSA) is 55.8 Å². The van der Waals surface area contributed by atoms with Gasteiger partial charge in [0.15, 0.2) is 6.10 Å². The Bertz CT molecular complexity index is 491. The minimum absolute atomic E-state index is 0.0813. The molecule has 0 N–H and O–H groups in total. The minimum Gasteiger partial charge on any atom is -0.467 e. The van der Waals surface area contributed by atoms with Crippen molar-refractivity contribution in [2.75, 3.05) is 26.8 Å². The van der Waals surface area contributed by atoms with Crippen LogP contribution in [0.4, 0.5) is 0 Å². The first-order chi connectivity index (χ1) is 9.13. The molecule has 0 aliphatic carbocycles. The van der Waals surface area contributed by atoms with E-state index >= 15 is 0 Å².